The van der Waals surface area contributed by atoms with Gasteiger partial charge in [-0.25, -0.2) is 8.42 Å². The van der Waals surface area contributed by atoms with Crippen LogP contribution in [0.3, 0.4) is 0 Å². The van der Waals surface area contributed by atoms with Crippen LogP contribution in [0.4, 0.5) is 0 Å². The lowest BCUT2D eigenvalue weighted by molar-refractivity contribution is -0.119. The van der Waals surface area contributed by atoms with E-state index in [4.69, 9.17) is 0 Å². The molecule has 0 heterocycles. The van der Waals surface area contributed by atoms with Gasteiger partial charge >= 0.3 is 0 Å². The molecule has 1 unspecified atom stereocenters. The molecule has 0 bridgehead atoms. The molecule has 14 heavy (non-hydrogen) atoms. The quantitative estimate of drug-likeness (QED) is 0.719. The lowest BCUT2D eigenvalue weighted by Gasteiger charge is -2.12. The summed E-state index contributed by atoms with van der Waals surface area (Å²) in [5.74, 6) is -0.820. The van der Waals surface area contributed by atoms with Crippen molar-refractivity contribution in [3.05, 3.63) is 0 Å². The van der Waals surface area contributed by atoms with Crippen molar-refractivity contribution in [1.29, 1.82) is 0 Å². The van der Waals surface area contributed by atoms with Crippen molar-refractivity contribution < 1.29 is 13.2 Å². The molecule has 0 rings (SSSR count). The second kappa shape index (κ2) is 6.01. The molecule has 4 nitrogen and oxygen atoms in total. The van der Waals surface area contributed by atoms with Gasteiger partial charge < -0.3 is 5.32 Å². The number of hydrogen-bond donors (Lipinski definition) is 1. The van der Waals surface area contributed by atoms with Gasteiger partial charge in [0.05, 0.1) is 0 Å². The Balaban J connectivity index is 3.83. The first-order valence-electron chi connectivity index (χ1n) is 4.82. The smallest absolute Gasteiger partial charge is 0.235 e. The van der Waals surface area contributed by atoms with E-state index < -0.39 is 21.5 Å². The van der Waals surface area contributed by atoms with Gasteiger partial charge in [-0.2, -0.15) is 0 Å². The average molecular weight is 221 g/mol. The molecule has 84 valence electrons. The van der Waals surface area contributed by atoms with Gasteiger partial charge in [0.1, 0.15) is 5.75 Å². The van der Waals surface area contributed by atoms with Gasteiger partial charge in [0.15, 0.2) is 9.84 Å². The number of amides is 1. The first-order valence-corrected chi connectivity index (χ1v) is 6.88. The zero-order valence-corrected chi connectivity index (χ0v) is 9.86. The predicted octanol–water partition coefficient (Wildman–Crippen LogP) is 0.726. The number of unbranched alkanes of at least 4 members (excludes halogenated alkanes) is 1. The Morgan fingerprint density at radius 2 is 2.00 bits per heavy atom. The van der Waals surface area contributed by atoms with Gasteiger partial charge in [-0.1, -0.05) is 19.8 Å². The fourth-order valence-corrected chi connectivity index (χ4v) is 1.70. The summed E-state index contributed by atoms with van der Waals surface area (Å²) in [6, 6.07) is 0.0594. The van der Waals surface area contributed by atoms with E-state index in [9.17, 15) is 13.2 Å². The zero-order valence-electron chi connectivity index (χ0n) is 9.04. The molecule has 1 amide bonds. The molecule has 0 spiro atoms. The lowest BCUT2D eigenvalue weighted by Crippen LogP contribution is -2.36. The summed E-state index contributed by atoms with van der Waals surface area (Å²) in [7, 11) is -3.20. The Bertz CT molecular complexity index is 272. The molecule has 1 atom stereocenters. The highest BCUT2D eigenvalue weighted by Gasteiger charge is 2.12. The molecule has 5 heteroatoms. The Morgan fingerprint density at radius 3 is 2.43 bits per heavy atom. The minimum Gasteiger partial charge on any atom is -0.353 e. The van der Waals surface area contributed by atoms with Gasteiger partial charge in [-0.3, -0.25) is 4.79 Å². The highest BCUT2D eigenvalue weighted by atomic mass is 32.2. The maximum atomic E-state index is 11.1. The van der Waals surface area contributed by atoms with E-state index in [-0.39, 0.29) is 6.04 Å². The van der Waals surface area contributed by atoms with Crippen molar-refractivity contribution in [2.45, 2.75) is 39.2 Å². The molecule has 0 aliphatic rings. The SMILES string of the molecule is CCCCC(C)NC(=O)CS(C)(=O)=O. The number of sulfone groups is 1. The molecule has 0 aromatic carbocycles. The van der Waals surface area contributed by atoms with Crippen LogP contribution >= 0.6 is 0 Å². The average Bonchev–Trinajstić information content (AvgIpc) is 1.96. The van der Waals surface area contributed by atoms with Gasteiger partial charge in [-0.05, 0) is 13.3 Å². The molecule has 0 saturated carbocycles. The minimum absolute atomic E-state index is 0.0594. The molecule has 0 aromatic rings. The van der Waals surface area contributed by atoms with Crippen LogP contribution in [0.2, 0.25) is 0 Å². The Hall–Kier alpha value is -0.580. The molecule has 0 fully saturated rings. The second-order valence-electron chi connectivity index (χ2n) is 3.68. The summed E-state index contributed by atoms with van der Waals surface area (Å²) in [6.07, 6.45) is 4.07. The normalized spacial score (nSPS) is 13.6. The third kappa shape index (κ3) is 8.04. The van der Waals surface area contributed by atoms with E-state index in [1.165, 1.54) is 0 Å². The van der Waals surface area contributed by atoms with E-state index in [0.29, 0.717) is 0 Å². The standard InChI is InChI=1S/C9H19NO3S/c1-4-5-6-8(2)10-9(11)7-14(3,12)13/h8H,4-7H2,1-3H3,(H,10,11). The van der Waals surface area contributed by atoms with Crippen LogP contribution in [-0.2, 0) is 14.6 Å². The molecular formula is C9H19NO3S. The summed E-state index contributed by atoms with van der Waals surface area (Å²) in [4.78, 5) is 11.1. The van der Waals surface area contributed by atoms with Gasteiger partial charge in [0.2, 0.25) is 5.91 Å². The lowest BCUT2D eigenvalue weighted by atomic mass is 10.1. The fourth-order valence-electron chi connectivity index (χ4n) is 1.14. The Morgan fingerprint density at radius 1 is 1.43 bits per heavy atom. The van der Waals surface area contributed by atoms with Crippen LogP contribution in [0, 0.1) is 0 Å². The molecule has 0 radical (unpaired) electrons. The maximum Gasteiger partial charge on any atom is 0.235 e. The van der Waals surface area contributed by atoms with E-state index in [0.717, 1.165) is 25.5 Å². The molecule has 0 aliphatic heterocycles. The van der Waals surface area contributed by atoms with E-state index >= 15 is 0 Å². The number of nitrogens with one attached hydrogen (secondary N) is 1. The number of rotatable bonds is 6. The third-order valence-corrected chi connectivity index (χ3v) is 2.58. The van der Waals surface area contributed by atoms with Crippen molar-refractivity contribution >= 4 is 15.7 Å². The van der Waals surface area contributed by atoms with Gasteiger partial charge in [-0.15, -0.1) is 0 Å². The molecular weight excluding hydrogens is 202 g/mol. The van der Waals surface area contributed by atoms with Crippen molar-refractivity contribution in [3.8, 4) is 0 Å². The maximum absolute atomic E-state index is 11.1. The molecule has 1 N–H and O–H groups in total. The van der Waals surface area contributed by atoms with E-state index in [1.54, 1.807) is 0 Å². The highest BCUT2D eigenvalue weighted by Crippen LogP contribution is 1.99. The van der Waals surface area contributed by atoms with Crippen LogP contribution in [0.15, 0.2) is 0 Å². The monoisotopic (exact) mass is 221 g/mol. The summed E-state index contributed by atoms with van der Waals surface area (Å²) >= 11 is 0. The first-order chi connectivity index (χ1) is 6.35. The van der Waals surface area contributed by atoms with Crippen LogP contribution < -0.4 is 5.32 Å². The van der Waals surface area contributed by atoms with Crippen LogP contribution in [0.25, 0.3) is 0 Å². The summed E-state index contributed by atoms with van der Waals surface area (Å²) < 4.78 is 21.6. The predicted molar refractivity (Wildman–Crippen MR) is 56.8 cm³/mol. The third-order valence-electron chi connectivity index (χ3n) is 1.79. The van der Waals surface area contributed by atoms with Crippen molar-refractivity contribution in [1.82, 2.24) is 5.32 Å². The molecule has 0 aromatic heterocycles. The summed E-state index contributed by atoms with van der Waals surface area (Å²) in [6.45, 7) is 3.96. The highest BCUT2D eigenvalue weighted by molar-refractivity contribution is 7.91. The largest absolute Gasteiger partial charge is 0.353 e. The van der Waals surface area contributed by atoms with Gasteiger partial charge in [0, 0.05) is 12.3 Å². The summed E-state index contributed by atoms with van der Waals surface area (Å²) in [5.41, 5.74) is 0. The van der Waals surface area contributed by atoms with Crippen molar-refractivity contribution in [2.75, 3.05) is 12.0 Å². The van der Waals surface area contributed by atoms with E-state index in [1.807, 2.05) is 6.92 Å². The summed E-state index contributed by atoms with van der Waals surface area (Å²) in [5, 5.41) is 2.65. The van der Waals surface area contributed by atoms with Crippen LogP contribution in [0.5, 0.6) is 0 Å². The first kappa shape index (κ1) is 13.4. The van der Waals surface area contributed by atoms with E-state index in [2.05, 4.69) is 12.2 Å². The molecule has 0 aliphatic carbocycles. The number of carbonyl (C=O) groups excluding carboxylic acids is 1. The Kier molecular flexibility index (Phi) is 5.76. The Labute approximate surface area is 86.0 Å². The zero-order chi connectivity index (χ0) is 11.2. The van der Waals surface area contributed by atoms with Crippen LogP contribution in [0.1, 0.15) is 33.1 Å². The van der Waals surface area contributed by atoms with Crippen molar-refractivity contribution in [3.63, 3.8) is 0 Å². The fraction of sp³-hybridized carbons (Fsp3) is 0.889. The number of hydrogen-bond acceptors (Lipinski definition) is 3. The van der Waals surface area contributed by atoms with Crippen LogP contribution in [-0.4, -0.2) is 32.4 Å². The van der Waals surface area contributed by atoms with Gasteiger partial charge in [0.25, 0.3) is 0 Å². The number of carbonyl (C=O) groups is 1. The van der Waals surface area contributed by atoms with Crippen molar-refractivity contribution in [2.24, 2.45) is 0 Å². The minimum atomic E-state index is -3.20. The molecule has 0 saturated heterocycles. The topological polar surface area (TPSA) is 63.2 Å². The second-order valence-corrected chi connectivity index (χ2v) is 5.82.